The summed E-state index contributed by atoms with van der Waals surface area (Å²) in [6, 6.07) is 3.99. The Morgan fingerprint density at radius 3 is 3.00 bits per heavy atom. The van der Waals surface area contributed by atoms with Gasteiger partial charge in [-0.2, -0.15) is 0 Å². The third-order valence-electron chi connectivity index (χ3n) is 2.88. The molecule has 0 bridgehead atoms. The van der Waals surface area contributed by atoms with Crippen molar-refractivity contribution < 1.29 is 4.74 Å². The van der Waals surface area contributed by atoms with Gasteiger partial charge in [0.25, 0.3) is 0 Å². The lowest BCUT2D eigenvalue weighted by atomic mass is 10.1. The van der Waals surface area contributed by atoms with Crippen molar-refractivity contribution in [1.82, 2.24) is 5.32 Å². The number of alkyl halides is 1. The summed E-state index contributed by atoms with van der Waals surface area (Å²) < 4.78 is 5.64. The second-order valence-electron chi connectivity index (χ2n) is 4.22. The third-order valence-corrected chi connectivity index (χ3v) is 3.36. The molecule has 0 fully saturated rings. The molecule has 2 nitrogen and oxygen atoms in total. The molecule has 0 saturated carbocycles. The number of benzene rings is 1. The van der Waals surface area contributed by atoms with E-state index in [1.807, 2.05) is 12.1 Å². The number of unbranched alkanes of at least 4 members (excludes halogenated alkanes) is 1. The summed E-state index contributed by atoms with van der Waals surface area (Å²) in [5, 5.41) is 4.19. The second-order valence-corrected chi connectivity index (χ2v) is 5.04. The van der Waals surface area contributed by atoms with Crippen LogP contribution in [0.15, 0.2) is 12.1 Å². The van der Waals surface area contributed by atoms with Crippen LogP contribution in [0, 0.1) is 0 Å². The van der Waals surface area contributed by atoms with Crippen molar-refractivity contribution in [2.24, 2.45) is 0 Å². The Morgan fingerprint density at radius 1 is 1.29 bits per heavy atom. The highest BCUT2D eigenvalue weighted by molar-refractivity contribution is 6.30. The third kappa shape index (κ3) is 3.51. The van der Waals surface area contributed by atoms with Gasteiger partial charge in [0.05, 0.1) is 6.61 Å². The minimum absolute atomic E-state index is 0.733. The van der Waals surface area contributed by atoms with E-state index < -0.39 is 0 Å². The minimum atomic E-state index is 0.733. The minimum Gasteiger partial charge on any atom is -0.493 e. The molecule has 0 amide bonds. The van der Waals surface area contributed by atoms with Gasteiger partial charge in [-0.3, -0.25) is 0 Å². The fraction of sp³-hybridized carbons (Fsp3) is 0.538. The molecule has 0 aromatic heterocycles. The second kappa shape index (κ2) is 6.48. The largest absolute Gasteiger partial charge is 0.493 e. The number of hydrogen-bond acceptors (Lipinski definition) is 2. The molecule has 1 aliphatic heterocycles. The van der Waals surface area contributed by atoms with Gasteiger partial charge in [-0.25, -0.2) is 0 Å². The van der Waals surface area contributed by atoms with Crippen LogP contribution in [0.25, 0.3) is 0 Å². The molecular weight excluding hydrogens is 257 g/mol. The normalized spacial score (nSPS) is 13.5. The predicted octanol–water partition coefficient (Wildman–Crippen LogP) is 3.38. The van der Waals surface area contributed by atoms with Gasteiger partial charge in [0.15, 0.2) is 0 Å². The molecule has 4 heteroatoms. The van der Waals surface area contributed by atoms with Crippen LogP contribution in [-0.4, -0.2) is 19.0 Å². The highest BCUT2D eigenvalue weighted by atomic mass is 35.5. The average Bonchev–Trinajstić information content (AvgIpc) is 2.76. The van der Waals surface area contributed by atoms with Crippen molar-refractivity contribution >= 4 is 23.2 Å². The molecule has 1 aliphatic rings. The molecule has 0 radical (unpaired) electrons. The van der Waals surface area contributed by atoms with Crippen molar-refractivity contribution in [3.05, 3.63) is 28.3 Å². The summed E-state index contributed by atoms with van der Waals surface area (Å²) in [7, 11) is 0. The molecule has 1 aromatic rings. The van der Waals surface area contributed by atoms with Crippen LogP contribution in [0.1, 0.15) is 24.0 Å². The van der Waals surface area contributed by atoms with Crippen LogP contribution in [-0.2, 0) is 13.0 Å². The zero-order valence-electron chi connectivity index (χ0n) is 9.77. The first-order valence-corrected chi connectivity index (χ1v) is 6.93. The predicted molar refractivity (Wildman–Crippen MR) is 72.3 cm³/mol. The van der Waals surface area contributed by atoms with Crippen molar-refractivity contribution in [3.8, 4) is 5.75 Å². The van der Waals surface area contributed by atoms with Gasteiger partial charge < -0.3 is 10.1 Å². The van der Waals surface area contributed by atoms with Gasteiger partial charge in [0.1, 0.15) is 5.75 Å². The van der Waals surface area contributed by atoms with Crippen LogP contribution < -0.4 is 10.1 Å². The average molecular weight is 274 g/mol. The van der Waals surface area contributed by atoms with Gasteiger partial charge in [-0.15, -0.1) is 11.6 Å². The number of fused-ring (bicyclic) bond motifs is 1. The Morgan fingerprint density at radius 2 is 2.18 bits per heavy atom. The maximum Gasteiger partial charge on any atom is 0.127 e. The van der Waals surface area contributed by atoms with Crippen molar-refractivity contribution in [2.45, 2.75) is 25.8 Å². The lowest BCUT2D eigenvalue weighted by Gasteiger charge is -2.10. The first-order chi connectivity index (χ1) is 8.31. The molecule has 17 heavy (non-hydrogen) atoms. The first-order valence-electron chi connectivity index (χ1n) is 6.02. The van der Waals surface area contributed by atoms with E-state index in [1.165, 1.54) is 5.56 Å². The van der Waals surface area contributed by atoms with Crippen LogP contribution in [0.5, 0.6) is 5.75 Å². The standard InChI is InChI=1S/C13H17Cl2NO/c14-4-1-2-5-16-9-11-8-12(15)7-10-3-6-17-13(10)11/h7-8,16H,1-6,9H2. The van der Waals surface area contributed by atoms with E-state index in [9.17, 15) is 0 Å². The molecule has 0 atom stereocenters. The van der Waals surface area contributed by atoms with E-state index in [1.54, 1.807) is 0 Å². The number of ether oxygens (including phenoxy) is 1. The van der Waals surface area contributed by atoms with E-state index in [2.05, 4.69) is 5.32 Å². The maximum atomic E-state index is 6.09. The van der Waals surface area contributed by atoms with Crippen molar-refractivity contribution in [3.63, 3.8) is 0 Å². The van der Waals surface area contributed by atoms with E-state index in [4.69, 9.17) is 27.9 Å². The van der Waals surface area contributed by atoms with Crippen LogP contribution in [0.2, 0.25) is 5.02 Å². The Bertz CT molecular complexity index is 382. The lowest BCUT2D eigenvalue weighted by Crippen LogP contribution is -2.15. The monoisotopic (exact) mass is 273 g/mol. The highest BCUT2D eigenvalue weighted by Crippen LogP contribution is 2.32. The van der Waals surface area contributed by atoms with Crippen molar-refractivity contribution in [1.29, 1.82) is 0 Å². The Kier molecular flexibility index (Phi) is 4.96. The summed E-state index contributed by atoms with van der Waals surface area (Å²) >= 11 is 11.7. The lowest BCUT2D eigenvalue weighted by molar-refractivity contribution is 0.352. The summed E-state index contributed by atoms with van der Waals surface area (Å²) in [6.07, 6.45) is 3.13. The topological polar surface area (TPSA) is 21.3 Å². The molecular formula is C13H17Cl2NO. The zero-order chi connectivity index (χ0) is 12.1. The van der Waals surface area contributed by atoms with Gasteiger partial charge in [0.2, 0.25) is 0 Å². The molecule has 1 heterocycles. The fourth-order valence-electron chi connectivity index (χ4n) is 2.04. The smallest absolute Gasteiger partial charge is 0.127 e. The molecule has 94 valence electrons. The van der Waals surface area contributed by atoms with Gasteiger partial charge >= 0.3 is 0 Å². The summed E-state index contributed by atoms with van der Waals surface area (Å²) in [6.45, 7) is 2.56. The van der Waals surface area contributed by atoms with Crippen LogP contribution in [0.4, 0.5) is 0 Å². The van der Waals surface area contributed by atoms with Crippen LogP contribution in [0.3, 0.4) is 0 Å². The number of hydrogen-bond donors (Lipinski definition) is 1. The molecule has 1 aromatic carbocycles. The number of rotatable bonds is 6. The molecule has 0 unspecified atom stereocenters. The molecule has 1 N–H and O–H groups in total. The molecule has 0 spiro atoms. The Balaban J connectivity index is 1.92. The molecule has 2 rings (SSSR count). The quantitative estimate of drug-likeness (QED) is 0.634. The van der Waals surface area contributed by atoms with Gasteiger partial charge in [-0.1, -0.05) is 11.6 Å². The fourth-order valence-corrected chi connectivity index (χ4v) is 2.50. The molecule has 0 aliphatic carbocycles. The maximum absolute atomic E-state index is 6.09. The SMILES string of the molecule is ClCCCCNCc1cc(Cl)cc2c1OCC2. The summed E-state index contributed by atoms with van der Waals surface area (Å²) in [5.74, 6) is 1.76. The van der Waals surface area contributed by atoms with E-state index >= 15 is 0 Å². The molecule has 0 saturated heterocycles. The summed E-state index contributed by atoms with van der Waals surface area (Å²) in [5.41, 5.74) is 2.39. The van der Waals surface area contributed by atoms with E-state index in [0.717, 1.165) is 61.2 Å². The van der Waals surface area contributed by atoms with Gasteiger partial charge in [-0.05, 0) is 37.1 Å². The van der Waals surface area contributed by atoms with Gasteiger partial charge in [0, 0.05) is 29.4 Å². The summed E-state index contributed by atoms with van der Waals surface area (Å²) in [4.78, 5) is 0. The number of halogens is 2. The first kappa shape index (κ1) is 13.0. The van der Waals surface area contributed by atoms with E-state index in [0.29, 0.717) is 0 Å². The van der Waals surface area contributed by atoms with E-state index in [-0.39, 0.29) is 0 Å². The zero-order valence-corrected chi connectivity index (χ0v) is 11.3. The Labute approximate surface area is 112 Å². The Hall–Kier alpha value is -0.440. The van der Waals surface area contributed by atoms with Crippen LogP contribution >= 0.6 is 23.2 Å². The van der Waals surface area contributed by atoms with Crippen molar-refractivity contribution in [2.75, 3.05) is 19.0 Å². The highest BCUT2D eigenvalue weighted by Gasteiger charge is 2.16. The number of nitrogens with one attached hydrogen (secondary N) is 1.